The van der Waals surface area contributed by atoms with E-state index in [0.717, 1.165) is 41.6 Å². The van der Waals surface area contributed by atoms with Gasteiger partial charge in [-0.25, -0.2) is 9.50 Å². The summed E-state index contributed by atoms with van der Waals surface area (Å²) in [5.74, 6) is 2.32. The first kappa shape index (κ1) is 18.8. The van der Waals surface area contributed by atoms with Crippen LogP contribution in [0.25, 0.3) is 5.78 Å². The van der Waals surface area contributed by atoms with Crippen LogP contribution in [0.3, 0.4) is 0 Å². The minimum absolute atomic E-state index is 0.149. The molecule has 0 bridgehead atoms. The molecular weight excluding hydrogens is 326 g/mol. The Balaban J connectivity index is 1.56. The van der Waals surface area contributed by atoms with Crippen molar-refractivity contribution in [1.29, 1.82) is 0 Å². The minimum Gasteiger partial charge on any atom is -0.353 e. The largest absolute Gasteiger partial charge is 0.353 e. The maximum absolute atomic E-state index is 12.5. The van der Waals surface area contributed by atoms with E-state index in [0.29, 0.717) is 24.7 Å². The third-order valence-electron chi connectivity index (χ3n) is 5.91. The Hall–Kier alpha value is -1.98. The summed E-state index contributed by atoms with van der Waals surface area (Å²) in [6, 6.07) is 0.337. The van der Waals surface area contributed by atoms with Crippen molar-refractivity contribution >= 4 is 11.7 Å². The Morgan fingerprint density at radius 2 is 2.08 bits per heavy atom. The molecule has 6 heteroatoms. The predicted molar refractivity (Wildman–Crippen MR) is 102 cm³/mol. The second-order valence-electron chi connectivity index (χ2n) is 8.01. The number of amides is 1. The number of nitrogens with zero attached hydrogens (tertiary/aromatic N) is 4. The SMILES string of the molecule is Cc1nc2ncnn2c(C)c1CCC(=O)NC1CCCC(C(C)C)CC1. The number of rotatable bonds is 5. The van der Waals surface area contributed by atoms with Crippen molar-refractivity contribution in [2.24, 2.45) is 11.8 Å². The standard InChI is InChI=1S/C20H31N5O/c1-13(2)16-6-5-7-17(9-8-16)24-19(26)11-10-18-14(3)23-20-21-12-22-25(20)15(18)4/h12-13,16-17H,5-11H2,1-4H3,(H,24,26). The van der Waals surface area contributed by atoms with Gasteiger partial charge in [-0.15, -0.1) is 0 Å². The molecular formula is C20H31N5O. The lowest BCUT2D eigenvalue weighted by Gasteiger charge is -2.19. The Labute approximate surface area is 155 Å². The predicted octanol–water partition coefficient (Wildman–Crippen LogP) is 3.39. The maximum atomic E-state index is 12.5. The van der Waals surface area contributed by atoms with E-state index in [2.05, 4.69) is 34.2 Å². The Kier molecular flexibility index (Phi) is 5.89. The molecule has 3 rings (SSSR count). The van der Waals surface area contributed by atoms with E-state index in [-0.39, 0.29) is 5.91 Å². The van der Waals surface area contributed by atoms with Gasteiger partial charge in [0.25, 0.3) is 5.78 Å². The fourth-order valence-corrected chi connectivity index (χ4v) is 4.20. The van der Waals surface area contributed by atoms with Gasteiger partial charge in [0.1, 0.15) is 6.33 Å². The molecule has 2 heterocycles. The Morgan fingerprint density at radius 3 is 2.85 bits per heavy atom. The van der Waals surface area contributed by atoms with E-state index in [9.17, 15) is 4.79 Å². The van der Waals surface area contributed by atoms with Crippen molar-refractivity contribution in [2.45, 2.75) is 78.7 Å². The molecule has 2 aromatic rings. The molecule has 1 amide bonds. The van der Waals surface area contributed by atoms with Crippen molar-refractivity contribution < 1.29 is 4.79 Å². The van der Waals surface area contributed by atoms with E-state index in [1.54, 1.807) is 4.52 Å². The fraction of sp³-hybridized carbons (Fsp3) is 0.700. The molecule has 0 aliphatic heterocycles. The molecule has 2 aromatic heterocycles. The van der Waals surface area contributed by atoms with Crippen molar-refractivity contribution in [3.8, 4) is 0 Å². The van der Waals surface area contributed by atoms with Crippen LogP contribution in [0.2, 0.25) is 0 Å². The molecule has 1 aliphatic carbocycles. The van der Waals surface area contributed by atoms with E-state index in [1.165, 1.54) is 25.6 Å². The van der Waals surface area contributed by atoms with Gasteiger partial charge in [0.2, 0.25) is 5.91 Å². The van der Waals surface area contributed by atoms with E-state index in [1.807, 2.05) is 13.8 Å². The Bertz CT molecular complexity index is 767. The van der Waals surface area contributed by atoms with Crippen molar-refractivity contribution in [2.75, 3.05) is 0 Å². The normalized spacial score (nSPS) is 21.1. The molecule has 0 spiro atoms. The number of carbonyl (C=O) groups excluding carboxylic acids is 1. The summed E-state index contributed by atoms with van der Waals surface area (Å²) in [5, 5.41) is 7.48. The van der Waals surface area contributed by atoms with Crippen LogP contribution in [0.4, 0.5) is 0 Å². The summed E-state index contributed by atoms with van der Waals surface area (Å²) < 4.78 is 1.75. The zero-order chi connectivity index (χ0) is 18.7. The highest BCUT2D eigenvalue weighted by atomic mass is 16.1. The van der Waals surface area contributed by atoms with Gasteiger partial charge in [0.15, 0.2) is 0 Å². The van der Waals surface area contributed by atoms with Gasteiger partial charge < -0.3 is 5.32 Å². The number of nitrogens with one attached hydrogen (secondary N) is 1. The molecule has 2 unspecified atom stereocenters. The molecule has 6 nitrogen and oxygen atoms in total. The van der Waals surface area contributed by atoms with Gasteiger partial charge in [-0.05, 0) is 56.9 Å². The number of fused-ring (bicyclic) bond motifs is 1. The summed E-state index contributed by atoms with van der Waals surface area (Å²) in [6.45, 7) is 8.62. The van der Waals surface area contributed by atoms with Crippen LogP contribution in [0, 0.1) is 25.7 Å². The van der Waals surface area contributed by atoms with Gasteiger partial charge in [-0.2, -0.15) is 10.1 Å². The molecule has 1 saturated carbocycles. The average molecular weight is 358 g/mol. The lowest BCUT2D eigenvalue weighted by molar-refractivity contribution is -0.121. The molecule has 1 aliphatic rings. The summed E-state index contributed by atoms with van der Waals surface area (Å²) in [6.07, 6.45) is 8.67. The van der Waals surface area contributed by atoms with E-state index >= 15 is 0 Å². The molecule has 0 aromatic carbocycles. The zero-order valence-corrected chi connectivity index (χ0v) is 16.5. The number of hydrogen-bond donors (Lipinski definition) is 1. The molecule has 26 heavy (non-hydrogen) atoms. The summed E-state index contributed by atoms with van der Waals surface area (Å²) in [5.41, 5.74) is 3.05. The quantitative estimate of drug-likeness (QED) is 0.833. The van der Waals surface area contributed by atoms with Gasteiger partial charge in [0, 0.05) is 23.9 Å². The van der Waals surface area contributed by atoms with E-state index < -0.39 is 0 Å². The first-order chi connectivity index (χ1) is 12.5. The lowest BCUT2D eigenvalue weighted by Crippen LogP contribution is -2.34. The van der Waals surface area contributed by atoms with Crippen LogP contribution >= 0.6 is 0 Å². The van der Waals surface area contributed by atoms with E-state index in [4.69, 9.17) is 0 Å². The molecule has 1 N–H and O–H groups in total. The zero-order valence-electron chi connectivity index (χ0n) is 16.5. The van der Waals surface area contributed by atoms with Crippen LogP contribution in [0.15, 0.2) is 6.33 Å². The summed E-state index contributed by atoms with van der Waals surface area (Å²) in [7, 11) is 0. The van der Waals surface area contributed by atoms with Gasteiger partial charge in [0.05, 0.1) is 0 Å². The van der Waals surface area contributed by atoms with Crippen molar-refractivity contribution in [1.82, 2.24) is 24.9 Å². The molecule has 2 atom stereocenters. The van der Waals surface area contributed by atoms with Crippen molar-refractivity contribution in [3.05, 3.63) is 23.3 Å². The second kappa shape index (κ2) is 8.14. The number of aryl methyl sites for hydroxylation is 2. The second-order valence-corrected chi connectivity index (χ2v) is 8.01. The highest BCUT2D eigenvalue weighted by Gasteiger charge is 2.22. The molecule has 1 fully saturated rings. The average Bonchev–Trinajstić information content (AvgIpc) is 2.92. The monoisotopic (exact) mass is 357 g/mol. The highest BCUT2D eigenvalue weighted by Crippen LogP contribution is 2.28. The summed E-state index contributed by atoms with van der Waals surface area (Å²) in [4.78, 5) is 21.1. The van der Waals surface area contributed by atoms with Gasteiger partial charge >= 0.3 is 0 Å². The third kappa shape index (κ3) is 4.22. The summed E-state index contributed by atoms with van der Waals surface area (Å²) >= 11 is 0. The van der Waals surface area contributed by atoms with Crippen LogP contribution in [-0.2, 0) is 11.2 Å². The molecule has 0 radical (unpaired) electrons. The lowest BCUT2D eigenvalue weighted by atomic mass is 9.89. The van der Waals surface area contributed by atoms with Crippen LogP contribution in [-0.4, -0.2) is 31.5 Å². The fourth-order valence-electron chi connectivity index (χ4n) is 4.20. The number of hydrogen-bond acceptors (Lipinski definition) is 4. The smallest absolute Gasteiger partial charge is 0.252 e. The molecule has 142 valence electrons. The first-order valence-corrected chi connectivity index (χ1v) is 9.91. The van der Waals surface area contributed by atoms with Gasteiger partial charge in [-0.3, -0.25) is 4.79 Å². The highest BCUT2D eigenvalue weighted by molar-refractivity contribution is 5.76. The number of carbonyl (C=O) groups is 1. The maximum Gasteiger partial charge on any atom is 0.252 e. The van der Waals surface area contributed by atoms with Crippen LogP contribution in [0.5, 0.6) is 0 Å². The van der Waals surface area contributed by atoms with Crippen molar-refractivity contribution in [3.63, 3.8) is 0 Å². The van der Waals surface area contributed by atoms with Gasteiger partial charge in [-0.1, -0.05) is 26.7 Å². The molecule has 0 saturated heterocycles. The minimum atomic E-state index is 0.149. The topological polar surface area (TPSA) is 72.2 Å². The first-order valence-electron chi connectivity index (χ1n) is 9.91. The third-order valence-corrected chi connectivity index (χ3v) is 5.91. The van der Waals surface area contributed by atoms with Crippen LogP contribution < -0.4 is 5.32 Å². The van der Waals surface area contributed by atoms with Crippen LogP contribution in [0.1, 0.15) is 69.3 Å². The Morgan fingerprint density at radius 1 is 1.27 bits per heavy atom. The number of aromatic nitrogens is 4.